The summed E-state index contributed by atoms with van der Waals surface area (Å²) in [6.45, 7) is 1.93. The van der Waals surface area contributed by atoms with Crippen molar-refractivity contribution in [1.82, 2.24) is 10.3 Å². The highest BCUT2D eigenvalue weighted by atomic mass is 79.9. The molecule has 1 heterocycles. The molecule has 1 aromatic heterocycles. The van der Waals surface area contributed by atoms with Gasteiger partial charge in [-0.05, 0) is 24.6 Å². The number of aromatic nitrogens is 1. The van der Waals surface area contributed by atoms with Crippen molar-refractivity contribution >= 4 is 38.3 Å². The number of carbonyl (C=O) groups is 1. The minimum atomic E-state index is -0.210. The number of thiazole rings is 1. The van der Waals surface area contributed by atoms with Gasteiger partial charge in [0.25, 0.3) is 5.91 Å². The molecule has 1 amide bonds. The van der Waals surface area contributed by atoms with Gasteiger partial charge in [0.15, 0.2) is 5.13 Å². The molecule has 1 aromatic carbocycles. The summed E-state index contributed by atoms with van der Waals surface area (Å²) in [7, 11) is 0. The zero-order chi connectivity index (χ0) is 13.1. The van der Waals surface area contributed by atoms with Crippen LogP contribution < -0.4 is 11.1 Å². The molecule has 6 heteroatoms. The summed E-state index contributed by atoms with van der Waals surface area (Å²) in [5, 5.41) is 4.93. The van der Waals surface area contributed by atoms with Crippen LogP contribution in [0.15, 0.2) is 34.1 Å². The standard InChI is InChI=1S/C12H12BrN3OS/c1-7(8-2-4-9(13)5-3-8)15-11(17)10-6-18-12(14)16-10/h2-7H,1H3,(H2,14,16)(H,15,17)/t7-/m1/s1. The van der Waals surface area contributed by atoms with E-state index in [1.54, 1.807) is 5.38 Å². The highest BCUT2D eigenvalue weighted by Gasteiger charge is 2.13. The number of hydrogen-bond acceptors (Lipinski definition) is 4. The highest BCUT2D eigenvalue weighted by molar-refractivity contribution is 9.10. The molecule has 0 aliphatic heterocycles. The van der Waals surface area contributed by atoms with Gasteiger partial charge in [-0.3, -0.25) is 4.79 Å². The van der Waals surface area contributed by atoms with Crippen LogP contribution >= 0.6 is 27.3 Å². The molecule has 0 aliphatic rings. The minimum Gasteiger partial charge on any atom is -0.375 e. The van der Waals surface area contributed by atoms with E-state index in [1.807, 2.05) is 31.2 Å². The normalized spacial score (nSPS) is 12.1. The van der Waals surface area contributed by atoms with Crippen molar-refractivity contribution in [3.05, 3.63) is 45.4 Å². The summed E-state index contributed by atoms with van der Waals surface area (Å²) in [4.78, 5) is 15.8. The molecule has 0 saturated carbocycles. The van der Waals surface area contributed by atoms with Crippen LogP contribution in [0.3, 0.4) is 0 Å². The molecule has 0 bridgehead atoms. The monoisotopic (exact) mass is 325 g/mol. The minimum absolute atomic E-state index is 0.0754. The summed E-state index contributed by atoms with van der Waals surface area (Å²) in [5.74, 6) is -0.210. The maximum atomic E-state index is 11.9. The number of benzene rings is 1. The van der Waals surface area contributed by atoms with Crippen LogP contribution in [-0.4, -0.2) is 10.9 Å². The second-order valence-electron chi connectivity index (χ2n) is 3.82. The first-order valence-electron chi connectivity index (χ1n) is 5.33. The van der Waals surface area contributed by atoms with Crippen molar-refractivity contribution in [2.24, 2.45) is 0 Å². The molecule has 0 fully saturated rings. The van der Waals surface area contributed by atoms with E-state index in [1.165, 1.54) is 11.3 Å². The topological polar surface area (TPSA) is 68.0 Å². The van der Waals surface area contributed by atoms with E-state index in [0.29, 0.717) is 10.8 Å². The molecule has 0 unspecified atom stereocenters. The summed E-state index contributed by atoms with van der Waals surface area (Å²) in [6, 6.07) is 7.74. The number of nitrogens with two attached hydrogens (primary N) is 1. The van der Waals surface area contributed by atoms with E-state index in [-0.39, 0.29) is 11.9 Å². The van der Waals surface area contributed by atoms with Crippen molar-refractivity contribution in [3.63, 3.8) is 0 Å². The Hall–Kier alpha value is -1.40. The van der Waals surface area contributed by atoms with Gasteiger partial charge < -0.3 is 11.1 Å². The van der Waals surface area contributed by atoms with Crippen LogP contribution in [0.4, 0.5) is 5.13 Å². The van der Waals surface area contributed by atoms with Gasteiger partial charge >= 0.3 is 0 Å². The number of hydrogen-bond donors (Lipinski definition) is 2. The van der Waals surface area contributed by atoms with Crippen molar-refractivity contribution in [1.29, 1.82) is 0 Å². The quantitative estimate of drug-likeness (QED) is 0.911. The van der Waals surface area contributed by atoms with Gasteiger partial charge in [0.1, 0.15) is 5.69 Å². The first kappa shape index (κ1) is 13.0. The second-order valence-corrected chi connectivity index (χ2v) is 5.62. The van der Waals surface area contributed by atoms with Gasteiger partial charge in [0, 0.05) is 9.85 Å². The van der Waals surface area contributed by atoms with Gasteiger partial charge in [-0.2, -0.15) is 0 Å². The Bertz CT molecular complexity index is 553. The molecule has 3 N–H and O–H groups in total. The van der Waals surface area contributed by atoms with Gasteiger partial charge in [-0.15, -0.1) is 11.3 Å². The number of anilines is 1. The fourth-order valence-electron chi connectivity index (χ4n) is 1.50. The fraction of sp³-hybridized carbons (Fsp3) is 0.167. The third kappa shape index (κ3) is 3.08. The highest BCUT2D eigenvalue weighted by Crippen LogP contribution is 2.17. The average Bonchev–Trinajstić information content (AvgIpc) is 2.76. The first-order valence-corrected chi connectivity index (χ1v) is 7.01. The van der Waals surface area contributed by atoms with Crippen LogP contribution in [0.5, 0.6) is 0 Å². The lowest BCUT2D eigenvalue weighted by atomic mass is 10.1. The molecule has 1 atom stereocenters. The molecular formula is C12H12BrN3OS. The maximum Gasteiger partial charge on any atom is 0.271 e. The second kappa shape index (κ2) is 5.49. The predicted molar refractivity (Wildman–Crippen MR) is 76.5 cm³/mol. The van der Waals surface area contributed by atoms with Crippen molar-refractivity contribution in [2.45, 2.75) is 13.0 Å². The molecule has 94 valence electrons. The van der Waals surface area contributed by atoms with Crippen LogP contribution in [-0.2, 0) is 0 Å². The van der Waals surface area contributed by atoms with E-state index in [0.717, 1.165) is 10.0 Å². The van der Waals surface area contributed by atoms with E-state index in [4.69, 9.17) is 5.73 Å². The Balaban J connectivity index is 2.05. The first-order chi connectivity index (χ1) is 8.56. The molecule has 2 rings (SSSR count). The third-order valence-corrected chi connectivity index (χ3v) is 3.67. The van der Waals surface area contributed by atoms with E-state index in [2.05, 4.69) is 26.2 Å². The molecule has 0 radical (unpaired) electrons. The number of nitrogens with zero attached hydrogens (tertiary/aromatic N) is 1. The lowest BCUT2D eigenvalue weighted by Crippen LogP contribution is -2.26. The van der Waals surface area contributed by atoms with Crippen LogP contribution in [0.25, 0.3) is 0 Å². The van der Waals surface area contributed by atoms with E-state index in [9.17, 15) is 4.79 Å². The van der Waals surface area contributed by atoms with Gasteiger partial charge in [0.2, 0.25) is 0 Å². The number of halogens is 1. The Labute approximate surface area is 117 Å². The number of amides is 1. The van der Waals surface area contributed by atoms with Crippen molar-refractivity contribution in [2.75, 3.05) is 5.73 Å². The van der Waals surface area contributed by atoms with Gasteiger partial charge in [-0.1, -0.05) is 28.1 Å². The Morgan fingerprint density at radius 1 is 1.44 bits per heavy atom. The largest absolute Gasteiger partial charge is 0.375 e. The predicted octanol–water partition coefficient (Wildman–Crippen LogP) is 2.98. The SMILES string of the molecule is C[C@@H](NC(=O)c1csc(N)n1)c1ccc(Br)cc1. The van der Waals surface area contributed by atoms with E-state index < -0.39 is 0 Å². The number of carbonyl (C=O) groups excluding carboxylic acids is 1. The van der Waals surface area contributed by atoms with Crippen LogP contribution in [0, 0.1) is 0 Å². The maximum absolute atomic E-state index is 11.9. The summed E-state index contributed by atoms with van der Waals surface area (Å²) in [6.07, 6.45) is 0. The zero-order valence-electron chi connectivity index (χ0n) is 9.68. The lowest BCUT2D eigenvalue weighted by molar-refractivity contribution is 0.0935. The third-order valence-electron chi connectivity index (χ3n) is 2.47. The average molecular weight is 326 g/mol. The molecule has 4 nitrogen and oxygen atoms in total. The zero-order valence-corrected chi connectivity index (χ0v) is 12.1. The smallest absolute Gasteiger partial charge is 0.271 e. The van der Waals surface area contributed by atoms with E-state index >= 15 is 0 Å². The van der Waals surface area contributed by atoms with Crippen molar-refractivity contribution in [3.8, 4) is 0 Å². The molecule has 0 saturated heterocycles. The molecule has 0 aliphatic carbocycles. The Kier molecular flexibility index (Phi) is 3.98. The molecular weight excluding hydrogens is 314 g/mol. The molecule has 18 heavy (non-hydrogen) atoms. The van der Waals surface area contributed by atoms with Gasteiger partial charge in [-0.25, -0.2) is 4.98 Å². The summed E-state index contributed by atoms with van der Waals surface area (Å²) < 4.78 is 1.01. The summed E-state index contributed by atoms with van der Waals surface area (Å²) in [5.41, 5.74) is 6.90. The number of rotatable bonds is 3. The Morgan fingerprint density at radius 3 is 2.67 bits per heavy atom. The molecule has 0 spiro atoms. The van der Waals surface area contributed by atoms with Crippen LogP contribution in [0.2, 0.25) is 0 Å². The number of nitrogen functional groups attached to an aromatic ring is 1. The molecule has 2 aromatic rings. The lowest BCUT2D eigenvalue weighted by Gasteiger charge is -2.13. The number of nitrogens with one attached hydrogen (secondary N) is 1. The Morgan fingerprint density at radius 2 is 2.11 bits per heavy atom. The van der Waals surface area contributed by atoms with Crippen molar-refractivity contribution < 1.29 is 4.79 Å². The van der Waals surface area contributed by atoms with Gasteiger partial charge in [0.05, 0.1) is 6.04 Å². The fourth-order valence-corrected chi connectivity index (χ4v) is 2.30. The van der Waals surface area contributed by atoms with Crippen LogP contribution in [0.1, 0.15) is 29.0 Å². The summed E-state index contributed by atoms with van der Waals surface area (Å²) >= 11 is 4.63.